The Morgan fingerprint density at radius 1 is 1.19 bits per heavy atom. The number of hydrogen-bond acceptors (Lipinski definition) is 2. The van der Waals surface area contributed by atoms with Gasteiger partial charge in [-0.25, -0.2) is 0 Å². The van der Waals surface area contributed by atoms with Crippen LogP contribution in [0.5, 0.6) is 5.75 Å². The lowest BCUT2D eigenvalue weighted by atomic mass is 10.1. The van der Waals surface area contributed by atoms with Gasteiger partial charge >= 0.3 is 0 Å². The van der Waals surface area contributed by atoms with Crippen molar-refractivity contribution in [2.75, 3.05) is 0 Å². The van der Waals surface area contributed by atoms with E-state index in [1.807, 2.05) is 37.3 Å². The average molecular weight is 436 g/mol. The molecule has 5 heteroatoms. The lowest BCUT2D eigenvalue weighted by Crippen LogP contribution is -2.18. The quantitative estimate of drug-likeness (QED) is 0.665. The summed E-state index contributed by atoms with van der Waals surface area (Å²) in [6, 6.07) is 11.7. The van der Waals surface area contributed by atoms with Crippen molar-refractivity contribution in [1.29, 1.82) is 0 Å². The van der Waals surface area contributed by atoms with Gasteiger partial charge in [0.2, 0.25) is 0 Å². The van der Waals surface area contributed by atoms with Crippen molar-refractivity contribution in [1.82, 2.24) is 0 Å². The molecule has 0 aliphatic rings. The fourth-order valence-corrected chi connectivity index (χ4v) is 2.96. The van der Waals surface area contributed by atoms with E-state index in [9.17, 15) is 0 Å². The van der Waals surface area contributed by atoms with Gasteiger partial charge in [0.05, 0.1) is 5.02 Å². The summed E-state index contributed by atoms with van der Waals surface area (Å²) in [5.41, 5.74) is 7.90. The van der Waals surface area contributed by atoms with Gasteiger partial charge in [-0.1, -0.05) is 35.3 Å². The van der Waals surface area contributed by atoms with Gasteiger partial charge in [0.25, 0.3) is 0 Å². The van der Waals surface area contributed by atoms with Gasteiger partial charge in [-0.05, 0) is 71.3 Å². The Labute approximate surface area is 148 Å². The van der Waals surface area contributed by atoms with Crippen LogP contribution in [0.2, 0.25) is 10.0 Å². The standard InChI is InChI=1S/C16H16Cl2INO/c1-10(20)6-12-7-13(17)8-15(18)16(12)21-9-11-2-4-14(19)5-3-11/h2-5,7-8,10H,6,9,20H2,1H3. The monoisotopic (exact) mass is 435 g/mol. The predicted molar refractivity (Wildman–Crippen MR) is 97.3 cm³/mol. The second-order valence-electron chi connectivity index (χ2n) is 4.97. The van der Waals surface area contributed by atoms with Gasteiger partial charge in [0.15, 0.2) is 0 Å². The van der Waals surface area contributed by atoms with Gasteiger partial charge in [0, 0.05) is 14.6 Å². The van der Waals surface area contributed by atoms with E-state index in [2.05, 4.69) is 22.6 Å². The third-order valence-electron chi connectivity index (χ3n) is 2.92. The molecule has 0 fully saturated rings. The lowest BCUT2D eigenvalue weighted by Gasteiger charge is -2.15. The average Bonchev–Trinajstić information content (AvgIpc) is 2.39. The summed E-state index contributed by atoms with van der Waals surface area (Å²) in [4.78, 5) is 0. The van der Waals surface area contributed by atoms with Crippen LogP contribution in [0.25, 0.3) is 0 Å². The molecule has 2 aromatic carbocycles. The molecule has 0 aromatic heterocycles. The number of ether oxygens (including phenoxy) is 1. The summed E-state index contributed by atoms with van der Waals surface area (Å²) in [5, 5.41) is 1.11. The Morgan fingerprint density at radius 3 is 2.48 bits per heavy atom. The largest absolute Gasteiger partial charge is 0.487 e. The molecule has 2 N–H and O–H groups in total. The minimum atomic E-state index is 0.0141. The lowest BCUT2D eigenvalue weighted by molar-refractivity contribution is 0.302. The summed E-state index contributed by atoms with van der Waals surface area (Å²) in [6.07, 6.45) is 0.669. The number of rotatable bonds is 5. The van der Waals surface area contributed by atoms with Crippen molar-refractivity contribution in [3.63, 3.8) is 0 Å². The van der Waals surface area contributed by atoms with Gasteiger partial charge in [-0.2, -0.15) is 0 Å². The molecule has 2 aromatic rings. The van der Waals surface area contributed by atoms with E-state index in [0.717, 1.165) is 11.1 Å². The highest BCUT2D eigenvalue weighted by Gasteiger charge is 2.12. The summed E-state index contributed by atoms with van der Waals surface area (Å²) in [7, 11) is 0. The molecule has 2 nitrogen and oxygen atoms in total. The molecule has 0 heterocycles. The molecule has 0 amide bonds. The molecule has 1 atom stereocenters. The van der Waals surface area contributed by atoms with Gasteiger partial charge in [-0.15, -0.1) is 0 Å². The van der Waals surface area contributed by atoms with Crippen LogP contribution in [0.4, 0.5) is 0 Å². The fourth-order valence-electron chi connectivity index (χ4n) is 2.01. The van der Waals surface area contributed by atoms with E-state index in [-0.39, 0.29) is 6.04 Å². The first-order chi connectivity index (χ1) is 9.95. The van der Waals surface area contributed by atoms with Crippen LogP contribution < -0.4 is 10.5 Å². The molecule has 0 aliphatic carbocycles. The molecule has 21 heavy (non-hydrogen) atoms. The van der Waals surface area contributed by atoms with Gasteiger partial charge in [-0.3, -0.25) is 0 Å². The minimum absolute atomic E-state index is 0.0141. The number of hydrogen-bond donors (Lipinski definition) is 1. The maximum absolute atomic E-state index is 6.26. The van der Waals surface area contributed by atoms with Gasteiger partial charge < -0.3 is 10.5 Å². The molecule has 1 unspecified atom stereocenters. The van der Waals surface area contributed by atoms with Crippen molar-refractivity contribution in [2.24, 2.45) is 5.73 Å². The summed E-state index contributed by atoms with van der Waals surface area (Å²) in [6.45, 7) is 2.40. The Hall–Kier alpha value is -0.490. The Morgan fingerprint density at radius 2 is 1.86 bits per heavy atom. The maximum atomic E-state index is 6.26. The molecule has 112 valence electrons. The zero-order chi connectivity index (χ0) is 15.4. The van der Waals surface area contributed by atoms with Crippen LogP contribution in [-0.2, 0) is 13.0 Å². The zero-order valence-corrected chi connectivity index (χ0v) is 15.2. The molecular formula is C16H16Cl2INO. The van der Waals surface area contributed by atoms with Gasteiger partial charge in [0.1, 0.15) is 12.4 Å². The molecule has 0 radical (unpaired) electrons. The van der Waals surface area contributed by atoms with E-state index in [1.165, 1.54) is 3.57 Å². The first-order valence-electron chi connectivity index (χ1n) is 6.56. The van der Waals surface area contributed by atoms with E-state index in [1.54, 1.807) is 6.07 Å². The Kier molecular flexibility index (Phi) is 6.17. The topological polar surface area (TPSA) is 35.2 Å². The molecule has 0 bridgehead atoms. The summed E-state index contributed by atoms with van der Waals surface area (Å²) < 4.78 is 7.09. The number of nitrogens with two attached hydrogens (primary N) is 1. The minimum Gasteiger partial charge on any atom is -0.487 e. The Bertz CT molecular complexity index is 614. The molecule has 0 spiro atoms. The summed E-state index contributed by atoms with van der Waals surface area (Å²) >= 11 is 14.6. The highest BCUT2D eigenvalue weighted by Crippen LogP contribution is 2.33. The van der Waals surface area contributed by atoms with Crippen LogP contribution in [0, 0.1) is 3.57 Å². The maximum Gasteiger partial charge on any atom is 0.141 e. The van der Waals surface area contributed by atoms with Crippen molar-refractivity contribution in [3.05, 3.63) is 61.1 Å². The normalized spacial score (nSPS) is 12.2. The summed E-state index contributed by atoms with van der Waals surface area (Å²) in [5.74, 6) is 0.664. The number of benzene rings is 2. The van der Waals surface area contributed by atoms with Crippen LogP contribution in [0.3, 0.4) is 0 Å². The molecule has 0 saturated carbocycles. The smallest absolute Gasteiger partial charge is 0.141 e. The third-order valence-corrected chi connectivity index (χ3v) is 4.14. The molecule has 2 rings (SSSR count). The predicted octanol–water partition coefficient (Wildman–Crippen LogP) is 5.07. The van der Waals surface area contributed by atoms with E-state index >= 15 is 0 Å². The van der Waals surface area contributed by atoms with Crippen molar-refractivity contribution in [2.45, 2.75) is 26.0 Å². The van der Waals surface area contributed by atoms with Crippen LogP contribution >= 0.6 is 45.8 Å². The molecular weight excluding hydrogens is 420 g/mol. The first kappa shape index (κ1) is 16.9. The van der Waals surface area contributed by atoms with Crippen LogP contribution in [0.15, 0.2) is 36.4 Å². The van der Waals surface area contributed by atoms with E-state index in [4.69, 9.17) is 33.7 Å². The Balaban J connectivity index is 2.19. The highest BCUT2D eigenvalue weighted by molar-refractivity contribution is 14.1. The number of halogens is 3. The van der Waals surface area contributed by atoms with E-state index in [0.29, 0.717) is 28.8 Å². The molecule has 0 saturated heterocycles. The fraction of sp³-hybridized carbons (Fsp3) is 0.250. The van der Waals surface area contributed by atoms with Crippen molar-refractivity contribution in [3.8, 4) is 5.75 Å². The second-order valence-corrected chi connectivity index (χ2v) is 7.06. The van der Waals surface area contributed by atoms with Crippen LogP contribution in [-0.4, -0.2) is 6.04 Å². The van der Waals surface area contributed by atoms with Crippen molar-refractivity contribution >= 4 is 45.8 Å². The van der Waals surface area contributed by atoms with E-state index < -0.39 is 0 Å². The molecule has 0 aliphatic heterocycles. The van der Waals surface area contributed by atoms with Crippen molar-refractivity contribution < 1.29 is 4.74 Å². The zero-order valence-electron chi connectivity index (χ0n) is 11.6. The van der Waals surface area contributed by atoms with Crippen LogP contribution in [0.1, 0.15) is 18.1 Å². The second kappa shape index (κ2) is 7.68. The SMILES string of the molecule is CC(N)Cc1cc(Cl)cc(Cl)c1OCc1ccc(I)cc1. The highest BCUT2D eigenvalue weighted by atomic mass is 127. The first-order valence-corrected chi connectivity index (χ1v) is 8.40. The third kappa shape index (κ3) is 5.02.